The second kappa shape index (κ2) is 10.3. The summed E-state index contributed by atoms with van der Waals surface area (Å²) in [6.07, 6.45) is 2.96. The highest BCUT2D eigenvalue weighted by atomic mass is 32.1. The number of hydrogen-bond donors (Lipinski definition) is 1. The number of cyclic esters (lactones) is 1. The molecule has 1 N–H and O–H groups in total. The molecule has 4 nitrogen and oxygen atoms in total. The molecule has 1 fully saturated rings. The molecule has 3 aromatic rings. The van der Waals surface area contributed by atoms with Gasteiger partial charge in [-0.15, -0.1) is 0 Å². The summed E-state index contributed by atoms with van der Waals surface area (Å²) < 4.78 is 25.1. The number of ether oxygens (including phenoxy) is 2. The molecule has 0 saturated carbocycles. The van der Waals surface area contributed by atoms with E-state index in [0.717, 1.165) is 33.6 Å². The molecule has 1 saturated heterocycles. The summed E-state index contributed by atoms with van der Waals surface area (Å²) in [4.78, 5) is 11.7. The van der Waals surface area contributed by atoms with E-state index in [1.807, 2.05) is 35.7 Å². The van der Waals surface area contributed by atoms with Crippen LogP contribution in [0.5, 0.6) is 5.75 Å². The van der Waals surface area contributed by atoms with Crippen molar-refractivity contribution in [2.75, 3.05) is 0 Å². The van der Waals surface area contributed by atoms with Gasteiger partial charge in [0.05, 0.1) is 12.5 Å². The van der Waals surface area contributed by atoms with E-state index in [4.69, 9.17) is 9.47 Å². The topological polar surface area (TPSA) is 55.8 Å². The monoisotopic (exact) mass is 466 g/mol. The molecule has 1 aliphatic heterocycles. The van der Waals surface area contributed by atoms with Gasteiger partial charge in [-0.3, -0.25) is 4.79 Å². The van der Waals surface area contributed by atoms with E-state index in [9.17, 15) is 14.3 Å². The van der Waals surface area contributed by atoms with Gasteiger partial charge >= 0.3 is 5.97 Å². The number of aliphatic hydroxyl groups is 1. The van der Waals surface area contributed by atoms with E-state index in [2.05, 4.69) is 19.2 Å². The largest absolute Gasteiger partial charge is 0.489 e. The lowest BCUT2D eigenvalue weighted by atomic mass is 9.89. The Hall–Kier alpha value is -2.96. The quantitative estimate of drug-likeness (QED) is 0.413. The zero-order chi connectivity index (χ0) is 23.4. The van der Waals surface area contributed by atoms with Gasteiger partial charge in [0.1, 0.15) is 24.3 Å². The van der Waals surface area contributed by atoms with Gasteiger partial charge in [0.2, 0.25) is 0 Å². The number of aliphatic hydroxyl groups excluding tert-OH is 1. The summed E-state index contributed by atoms with van der Waals surface area (Å²) in [5.41, 5.74) is 4.89. The molecule has 0 radical (unpaired) electrons. The van der Waals surface area contributed by atoms with Gasteiger partial charge in [-0.2, -0.15) is 11.3 Å². The van der Waals surface area contributed by atoms with Crippen LogP contribution < -0.4 is 4.74 Å². The molecule has 1 aromatic heterocycles. The molecule has 0 unspecified atom stereocenters. The Balaban J connectivity index is 1.74. The molecule has 0 spiro atoms. The molecule has 2 aromatic carbocycles. The predicted molar refractivity (Wildman–Crippen MR) is 129 cm³/mol. The first-order valence-corrected chi connectivity index (χ1v) is 12.0. The number of halogens is 1. The minimum atomic E-state index is -0.699. The lowest BCUT2D eigenvalue weighted by Crippen LogP contribution is -2.31. The maximum absolute atomic E-state index is 13.6. The van der Waals surface area contributed by atoms with Crippen molar-refractivity contribution in [1.82, 2.24) is 0 Å². The predicted octanol–water partition coefficient (Wildman–Crippen LogP) is 6.34. The van der Waals surface area contributed by atoms with Crippen molar-refractivity contribution in [2.45, 2.75) is 51.4 Å². The maximum atomic E-state index is 13.6. The number of thiophene rings is 1. The zero-order valence-electron chi connectivity index (χ0n) is 18.7. The van der Waals surface area contributed by atoms with Gasteiger partial charge in [-0.05, 0) is 80.9 Å². The standard InChI is InChI=1S/C27H27FO4S/c1-17(2)25-13-23(31-15-18-9-10-33-16-18)14-26(19-3-5-20(28)6-4-19)24(25)8-7-22-11-21(29)12-27(30)32-22/h3-10,13-14,16-17,21-22,29H,11-12,15H2,1-2H3/b8-7+/t21-,22-/m1/s1. The number of carbonyl (C=O) groups excluding carboxylic acids is 1. The molecule has 0 bridgehead atoms. The Kier molecular flexibility index (Phi) is 7.26. The van der Waals surface area contributed by atoms with Crippen LogP contribution in [-0.2, 0) is 16.1 Å². The molecule has 0 amide bonds. The van der Waals surface area contributed by atoms with Gasteiger partial charge in [0.15, 0.2) is 0 Å². The van der Waals surface area contributed by atoms with E-state index in [1.165, 1.54) is 12.1 Å². The third-order valence-electron chi connectivity index (χ3n) is 5.62. The van der Waals surface area contributed by atoms with Crippen LogP contribution in [0.1, 0.15) is 49.3 Å². The molecular weight excluding hydrogens is 439 g/mol. The average molecular weight is 467 g/mol. The molecule has 6 heteroatoms. The van der Waals surface area contributed by atoms with Crippen molar-refractivity contribution in [1.29, 1.82) is 0 Å². The number of benzene rings is 2. The van der Waals surface area contributed by atoms with Crippen molar-refractivity contribution in [3.05, 3.63) is 81.8 Å². The highest BCUT2D eigenvalue weighted by molar-refractivity contribution is 7.07. The van der Waals surface area contributed by atoms with E-state index in [1.54, 1.807) is 23.5 Å². The van der Waals surface area contributed by atoms with E-state index in [-0.39, 0.29) is 18.2 Å². The van der Waals surface area contributed by atoms with E-state index >= 15 is 0 Å². The lowest BCUT2D eigenvalue weighted by Gasteiger charge is -2.24. The highest BCUT2D eigenvalue weighted by Crippen LogP contribution is 2.36. The normalized spacial score (nSPS) is 18.6. The van der Waals surface area contributed by atoms with Crippen molar-refractivity contribution in [2.24, 2.45) is 0 Å². The van der Waals surface area contributed by atoms with Crippen LogP contribution in [0.15, 0.2) is 59.3 Å². The Bertz CT molecular complexity index is 1120. The molecule has 33 heavy (non-hydrogen) atoms. The van der Waals surface area contributed by atoms with Crippen LogP contribution in [0.3, 0.4) is 0 Å². The maximum Gasteiger partial charge on any atom is 0.309 e. The number of hydrogen-bond acceptors (Lipinski definition) is 5. The fourth-order valence-corrected chi connectivity index (χ4v) is 4.59. The van der Waals surface area contributed by atoms with Crippen LogP contribution in [0, 0.1) is 5.82 Å². The molecule has 1 aliphatic rings. The Labute approximate surface area is 197 Å². The SMILES string of the molecule is CC(C)c1cc(OCc2ccsc2)cc(-c2ccc(F)cc2)c1/C=C/[C@@H]1C[C@@H](O)CC(=O)O1. The first-order chi connectivity index (χ1) is 15.9. The molecular formula is C27H27FO4S. The van der Waals surface area contributed by atoms with Crippen molar-refractivity contribution in [3.63, 3.8) is 0 Å². The van der Waals surface area contributed by atoms with E-state index in [0.29, 0.717) is 13.0 Å². The second-order valence-electron chi connectivity index (χ2n) is 8.54. The summed E-state index contributed by atoms with van der Waals surface area (Å²) in [6.45, 7) is 4.68. The van der Waals surface area contributed by atoms with Crippen LogP contribution in [0.25, 0.3) is 17.2 Å². The van der Waals surface area contributed by atoms with E-state index < -0.39 is 18.2 Å². The lowest BCUT2D eigenvalue weighted by molar-refractivity contribution is -0.156. The zero-order valence-corrected chi connectivity index (χ0v) is 19.5. The Morgan fingerprint density at radius 2 is 2.03 bits per heavy atom. The first-order valence-electron chi connectivity index (χ1n) is 11.0. The fourth-order valence-electron chi connectivity index (χ4n) is 3.94. The average Bonchev–Trinajstić information content (AvgIpc) is 3.29. The Morgan fingerprint density at radius 3 is 2.70 bits per heavy atom. The van der Waals surface area contributed by atoms with Crippen LogP contribution in [-0.4, -0.2) is 23.3 Å². The van der Waals surface area contributed by atoms with Crippen LogP contribution in [0.2, 0.25) is 0 Å². The smallest absolute Gasteiger partial charge is 0.309 e. The summed E-state index contributed by atoms with van der Waals surface area (Å²) in [5.74, 6) is 0.227. The molecule has 2 heterocycles. The van der Waals surface area contributed by atoms with Crippen LogP contribution in [0.4, 0.5) is 4.39 Å². The minimum Gasteiger partial charge on any atom is -0.489 e. The third-order valence-corrected chi connectivity index (χ3v) is 6.35. The van der Waals surface area contributed by atoms with Gasteiger partial charge < -0.3 is 14.6 Å². The second-order valence-corrected chi connectivity index (χ2v) is 9.32. The number of esters is 1. The first kappa shape index (κ1) is 23.2. The van der Waals surface area contributed by atoms with Crippen LogP contribution >= 0.6 is 11.3 Å². The number of rotatable bonds is 7. The van der Waals surface area contributed by atoms with Crippen molar-refractivity contribution in [3.8, 4) is 16.9 Å². The summed E-state index contributed by atoms with van der Waals surface area (Å²) in [6, 6.07) is 12.4. The fraction of sp³-hybridized carbons (Fsp3) is 0.296. The minimum absolute atomic E-state index is 0.0264. The van der Waals surface area contributed by atoms with Gasteiger partial charge in [-0.25, -0.2) is 4.39 Å². The molecule has 4 rings (SSSR count). The summed E-state index contributed by atoms with van der Waals surface area (Å²) in [5, 5.41) is 14.0. The van der Waals surface area contributed by atoms with Gasteiger partial charge in [-0.1, -0.05) is 32.1 Å². The van der Waals surface area contributed by atoms with Crippen molar-refractivity contribution < 1.29 is 23.8 Å². The Morgan fingerprint density at radius 1 is 1.24 bits per heavy atom. The summed E-state index contributed by atoms with van der Waals surface area (Å²) >= 11 is 1.63. The summed E-state index contributed by atoms with van der Waals surface area (Å²) in [7, 11) is 0. The number of carbonyl (C=O) groups is 1. The van der Waals surface area contributed by atoms with Gasteiger partial charge in [0, 0.05) is 6.42 Å². The third kappa shape index (κ3) is 5.89. The van der Waals surface area contributed by atoms with Gasteiger partial charge in [0.25, 0.3) is 0 Å². The molecule has 172 valence electrons. The highest BCUT2D eigenvalue weighted by Gasteiger charge is 2.25. The molecule has 0 aliphatic carbocycles. The molecule has 2 atom stereocenters. The van der Waals surface area contributed by atoms with Crippen molar-refractivity contribution >= 4 is 23.4 Å².